The summed E-state index contributed by atoms with van der Waals surface area (Å²) in [4.78, 5) is 7.48. The molecule has 4 bridgehead atoms. The number of phenols is 1. The fourth-order valence-electron chi connectivity index (χ4n) is 5.04. The van der Waals surface area contributed by atoms with Crippen LogP contribution in [0.1, 0.15) is 18.1 Å². The minimum absolute atomic E-state index is 0.0428. The van der Waals surface area contributed by atoms with E-state index in [1.807, 2.05) is 19.1 Å². The molecule has 2 aromatic carbocycles. The van der Waals surface area contributed by atoms with Crippen LogP contribution < -0.4 is 4.74 Å². The number of rotatable bonds is 6. The van der Waals surface area contributed by atoms with E-state index in [9.17, 15) is 5.11 Å². The normalized spacial score (nSPS) is 30.2. The average Bonchev–Trinajstić information content (AvgIpc) is 2.73. The maximum Gasteiger partial charge on any atom is 0.161 e. The van der Waals surface area contributed by atoms with Gasteiger partial charge in [-0.1, -0.05) is 30.3 Å². The first kappa shape index (κ1) is 19.2. The molecule has 0 aromatic heterocycles. The molecule has 7 heteroatoms. The highest BCUT2D eigenvalue weighted by Crippen LogP contribution is 2.38. The second-order valence-corrected chi connectivity index (χ2v) is 8.41. The van der Waals surface area contributed by atoms with E-state index in [0.717, 1.165) is 56.5 Å². The van der Waals surface area contributed by atoms with Gasteiger partial charge in [-0.15, -0.1) is 0 Å². The van der Waals surface area contributed by atoms with Crippen LogP contribution >= 0.6 is 0 Å². The first-order valence-electron chi connectivity index (χ1n) is 10.4. The molecule has 7 nitrogen and oxygen atoms in total. The third-order valence-electron chi connectivity index (χ3n) is 5.98. The summed E-state index contributed by atoms with van der Waals surface area (Å²) < 4.78 is 5.47. The molecule has 156 valence electrons. The SMILES string of the molecule is CCOc1cc(/C=N\N=C(\c2ccccc2)C23CN4CN(CN(C4)C2)C3)ccc1O. The van der Waals surface area contributed by atoms with Gasteiger partial charge < -0.3 is 9.84 Å². The van der Waals surface area contributed by atoms with E-state index in [0.29, 0.717) is 12.4 Å². The van der Waals surface area contributed by atoms with Crippen molar-refractivity contribution in [3.63, 3.8) is 0 Å². The van der Waals surface area contributed by atoms with Crippen LogP contribution in [0.4, 0.5) is 0 Å². The van der Waals surface area contributed by atoms with Crippen LogP contribution in [0.5, 0.6) is 11.5 Å². The van der Waals surface area contributed by atoms with Gasteiger partial charge in [0.1, 0.15) is 0 Å². The van der Waals surface area contributed by atoms with Gasteiger partial charge in [-0.3, -0.25) is 14.7 Å². The lowest BCUT2D eigenvalue weighted by Crippen LogP contribution is -2.74. The van der Waals surface area contributed by atoms with E-state index in [2.05, 4.69) is 44.1 Å². The Morgan fingerprint density at radius 3 is 2.33 bits per heavy atom. The number of phenolic OH excluding ortho intramolecular Hbond substituents is 1. The van der Waals surface area contributed by atoms with E-state index in [1.54, 1.807) is 18.3 Å². The maximum atomic E-state index is 9.91. The van der Waals surface area contributed by atoms with Crippen LogP contribution in [-0.2, 0) is 0 Å². The minimum Gasteiger partial charge on any atom is -0.504 e. The van der Waals surface area contributed by atoms with Crippen LogP contribution in [0.25, 0.3) is 0 Å². The van der Waals surface area contributed by atoms with E-state index in [-0.39, 0.29) is 11.2 Å². The predicted molar refractivity (Wildman–Crippen MR) is 117 cm³/mol. The Bertz CT molecular complexity index is 938. The first-order chi connectivity index (χ1) is 14.6. The molecule has 0 aliphatic carbocycles. The number of hydrogen-bond acceptors (Lipinski definition) is 7. The van der Waals surface area contributed by atoms with Crippen molar-refractivity contribution in [2.45, 2.75) is 6.92 Å². The number of aromatic hydroxyl groups is 1. The molecule has 4 aliphatic heterocycles. The third kappa shape index (κ3) is 3.60. The Labute approximate surface area is 176 Å². The summed E-state index contributed by atoms with van der Waals surface area (Å²) >= 11 is 0. The lowest BCUT2D eigenvalue weighted by Gasteiger charge is -2.60. The van der Waals surface area contributed by atoms with Gasteiger partial charge in [0.25, 0.3) is 0 Å². The molecule has 0 saturated carbocycles. The molecule has 4 fully saturated rings. The summed E-state index contributed by atoms with van der Waals surface area (Å²) in [6.45, 7) is 8.54. The molecule has 6 rings (SSSR count). The van der Waals surface area contributed by atoms with Crippen molar-refractivity contribution >= 4 is 11.9 Å². The van der Waals surface area contributed by atoms with Gasteiger partial charge in [0.05, 0.1) is 44.0 Å². The van der Waals surface area contributed by atoms with Crippen LogP contribution in [-0.4, -0.2) is 78.0 Å². The summed E-state index contributed by atoms with van der Waals surface area (Å²) in [6, 6.07) is 15.6. The Balaban J connectivity index is 1.48. The van der Waals surface area contributed by atoms with Gasteiger partial charge in [0, 0.05) is 19.6 Å². The van der Waals surface area contributed by atoms with Gasteiger partial charge in [-0.25, -0.2) is 0 Å². The van der Waals surface area contributed by atoms with Gasteiger partial charge in [-0.2, -0.15) is 10.2 Å². The predicted octanol–water partition coefficient (Wildman–Crippen LogP) is 2.42. The standard InChI is InChI=1S/C23H27N5O2/c1-2-30-21-10-18(8-9-20(21)29)11-24-25-22(19-6-4-3-5-7-19)23-12-26-15-27(13-23)17-28(14-23)16-26/h3-11,29H,2,12-17H2,1H3/b24-11-,25-22-. The Morgan fingerprint density at radius 1 is 1.03 bits per heavy atom. The molecule has 4 saturated heterocycles. The smallest absolute Gasteiger partial charge is 0.161 e. The van der Waals surface area contributed by atoms with Crippen molar-refractivity contribution in [3.8, 4) is 11.5 Å². The maximum absolute atomic E-state index is 9.91. The second kappa shape index (κ2) is 7.83. The molecule has 30 heavy (non-hydrogen) atoms. The highest BCUT2D eigenvalue weighted by atomic mass is 16.5. The highest BCUT2D eigenvalue weighted by molar-refractivity contribution is 6.05. The average molecular weight is 406 g/mol. The zero-order valence-corrected chi connectivity index (χ0v) is 17.2. The molecular weight excluding hydrogens is 378 g/mol. The summed E-state index contributed by atoms with van der Waals surface area (Å²) in [5.41, 5.74) is 2.97. The minimum atomic E-state index is -0.0428. The Hall–Kier alpha value is -2.74. The molecule has 0 atom stereocenters. The lowest BCUT2D eigenvalue weighted by molar-refractivity contribution is -0.149. The molecule has 0 unspecified atom stereocenters. The quantitative estimate of drug-likeness (QED) is 0.591. The van der Waals surface area contributed by atoms with Crippen LogP contribution in [0, 0.1) is 5.41 Å². The number of benzene rings is 2. The molecule has 4 aliphatic rings. The van der Waals surface area contributed by atoms with Crippen molar-refractivity contribution in [1.29, 1.82) is 0 Å². The Morgan fingerprint density at radius 2 is 1.70 bits per heavy atom. The van der Waals surface area contributed by atoms with Gasteiger partial charge in [0.2, 0.25) is 0 Å². The fourth-order valence-corrected chi connectivity index (χ4v) is 5.04. The molecule has 4 heterocycles. The number of nitrogens with zero attached hydrogens (tertiary/aromatic N) is 5. The van der Waals surface area contributed by atoms with Gasteiger partial charge in [0.15, 0.2) is 11.5 Å². The topological polar surface area (TPSA) is 63.9 Å². The molecule has 2 aromatic rings. The van der Waals surface area contributed by atoms with Crippen molar-refractivity contribution in [2.75, 3.05) is 46.2 Å². The summed E-state index contributed by atoms with van der Waals surface area (Å²) in [5, 5.41) is 19.2. The van der Waals surface area contributed by atoms with Crippen LogP contribution in [0.3, 0.4) is 0 Å². The van der Waals surface area contributed by atoms with E-state index < -0.39 is 0 Å². The monoisotopic (exact) mass is 405 g/mol. The van der Waals surface area contributed by atoms with Crippen LogP contribution in [0.2, 0.25) is 0 Å². The first-order valence-corrected chi connectivity index (χ1v) is 10.4. The fraction of sp³-hybridized carbons (Fsp3) is 0.391. The summed E-state index contributed by atoms with van der Waals surface area (Å²) in [6.07, 6.45) is 1.73. The van der Waals surface area contributed by atoms with Crippen LogP contribution in [0.15, 0.2) is 58.7 Å². The largest absolute Gasteiger partial charge is 0.504 e. The molecular formula is C23H27N5O2. The molecule has 0 spiro atoms. The van der Waals surface area contributed by atoms with Crippen molar-refractivity contribution in [1.82, 2.24) is 14.7 Å². The third-order valence-corrected chi connectivity index (χ3v) is 5.98. The van der Waals surface area contributed by atoms with E-state index in [1.165, 1.54) is 0 Å². The van der Waals surface area contributed by atoms with E-state index in [4.69, 9.17) is 9.84 Å². The van der Waals surface area contributed by atoms with Crippen molar-refractivity contribution in [3.05, 3.63) is 59.7 Å². The van der Waals surface area contributed by atoms with Crippen molar-refractivity contribution in [2.24, 2.45) is 15.6 Å². The van der Waals surface area contributed by atoms with Gasteiger partial charge in [-0.05, 0) is 36.2 Å². The van der Waals surface area contributed by atoms with Gasteiger partial charge >= 0.3 is 0 Å². The zero-order chi connectivity index (χ0) is 20.6. The zero-order valence-electron chi connectivity index (χ0n) is 17.2. The Kier molecular flexibility index (Phi) is 5.02. The molecule has 0 amide bonds. The van der Waals surface area contributed by atoms with Crippen molar-refractivity contribution < 1.29 is 9.84 Å². The number of hydrogen-bond donors (Lipinski definition) is 1. The lowest BCUT2D eigenvalue weighted by atomic mass is 9.74. The summed E-state index contributed by atoms with van der Waals surface area (Å²) in [7, 11) is 0. The number of ether oxygens (including phenoxy) is 1. The molecule has 1 N–H and O–H groups in total. The second-order valence-electron chi connectivity index (χ2n) is 8.41. The highest BCUT2D eigenvalue weighted by Gasteiger charge is 2.51. The molecule has 0 radical (unpaired) electrons. The summed E-state index contributed by atoms with van der Waals surface area (Å²) in [5.74, 6) is 0.594. The van der Waals surface area contributed by atoms with E-state index >= 15 is 0 Å².